The number of nitro benzene ring substituents is 1. The third kappa shape index (κ3) is 4.60. The van der Waals surface area contributed by atoms with Crippen LogP contribution in [0.15, 0.2) is 23.1 Å². The van der Waals surface area contributed by atoms with Gasteiger partial charge in [-0.15, -0.1) is 12.4 Å². The molecule has 1 aromatic carbocycles. The highest BCUT2D eigenvalue weighted by molar-refractivity contribution is 7.89. The Morgan fingerprint density at radius 1 is 1.28 bits per heavy atom. The molecule has 0 unspecified atom stereocenters. The second-order valence-corrected chi connectivity index (χ2v) is 7.38. The van der Waals surface area contributed by atoms with Crippen molar-refractivity contribution in [1.82, 2.24) is 4.72 Å². The Bertz CT molecular complexity index is 749. The minimum Gasteiger partial charge on any atom is -0.329 e. The minimum absolute atomic E-state index is 0. The fraction of sp³-hybridized carbons (Fsp3) is 0.538. The van der Waals surface area contributed by atoms with E-state index in [4.69, 9.17) is 5.73 Å². The predicted octanol–water partition coefficient (Wildman–Crippen LogP) is 2.59. The zero-order chi connectivity index (χ0) is 18.2. The Hall–Kier alpha value is -1.43. The highest BCUT2D eigenvalue weighted by Gasteiger charge is 2.42. The van der Waals surface area contributed by atoms with E-state index in [1.165, 1.54) is 0 Å². The van der Waals surface area contributed by atoms with E-state index in [0.717, 1.165) is 6.07 Å². The molecule has 0 heterocycles. The van der Waals surface area contributed by atoms with E-state index >= 15 is 0 Å². The molecule has 25 heavy (non-hydrogen) atoms. The van der Waals surface area contributed by atoms with Gasteiger partial charge < -0.3 is 5.73 Å². The molecule has 0 atom stereocenters. The molecule has 0 amide bonds. The second kappa shape index (κ2) is 7.44. The molecule has 1 aliphatic rings. The molecule has 7 nitrogen and oxygen atoms in total. The summed E-state index contributed by atoms with van der Waals surface area (Å²) in [6.45, 7) is -0.0411. The van der Waals surface area contributed by atoms with Gasteiger partial charge in [0.05, 0.1) is 15.4 Å². The van der Waals surface area contributed by atoms with Gasteiger partial charge in [0.2, 0.25) is 10.0 Å². The van der Waals surface area contributed by atoms with Gasteiger partial charge in [-0.2, -0.15) is 13.2 Å². The Morgan fingerprint density at radius 3 is 2.28 bits per heavy atom. The zero-order valence-electron chi connectivity index (χ0n) is 12.9. The number of nitrogens with two attached hydrogens (primary N) is 1. The number of rotatable bonds is 5. The molecule has 1 saturated carbocycles. The summed E-state index contributed by atoms with van der Waals surface area (Å²) in [4.78, 5) is 8.62. The van der Waals surface area contributed by atoms with Gasteiger partial charge in [0, 0.05) is 24.2 Å². The molecule has 142 valence electrons. The lowest BCUT2D eigenvalue weighted by Gasteiger charge is -2.28. The van der Waals surface area contributed by atoms with Gasteiger partial charge in [0.15, 0.2) is 0 Å². The van der Waals surface area contributed by atoms with Crippen LogP contribution in [0.1, 0.15) is 31.2 Å². The van der Waals surface area contributed by atoms with Gasteiger partial charge in [-0.05, 0) is 18.9 Å². The van der Waals surface area contributed by atoms with Crippen LogP contribution in [0.3, 0.4) is 0 Å². The second-order valence-electron chi connectivity index (χ2n) is 5.73. The van der Waals surface area contributed by atoms with Crippen molar-refractivity contribution in [3.63, 3.8) is 0 Å². The number of nitrogens with one attached hydrogen (secondary N) is 1. The van der Waals surface area contributed by atoms with Gasteiger partial charge >= 0.3 is 6.18 Å². The molecule has 0 saturated heterocycles. The molecular formula is C13H17ClF3N3O4S. The Kier molecular flexibility index (Phi) is 6.43. The average molecular weight is 404 g/mol. The molecule has 1 fully saturated rings. The van der Waals surface area contributed by atoms with Crippen LogP contribution in [-0.2, 0) is 16.2 Å². The van der Waals surface area contributed by atoms with Crippen molar-refractivity contribution in [3.05, 3.63) is 33.9 Å². The standard InChI is InChI=1S/C13H16F3N3O4S.ClH/c14-13(15,16)10-7-9(19(20)21)3-4-11(10)24(22,23)18-12(8-17)5-1-2-6-12;/h3-4,7,18H,1-2,5-6,8,17H2;1H. The maximum absolute atomic E-state index is 13.2. The molecule has 0 bridgehead atoms. The monoisotopic (exact) mass is 403 g/mol. The van der Waals surface area contributed by atoms with E-state index in [9.17, 15) is 31.7 Å². The van der Waals surface area contributed by atoms with Gasteiger partial charge in [-0.1, -0.05) is 12.8 Å². The number of nitro groups is 1. The first-order chi connectivity index (χ1) is 11.0. The van der Waals surface area contributed by atoms with Crippen molar-refractivity contribution in [2.45, 2.75) is 42.3 Å². The summed E-state index contributed by atoms with van der Waals surface area (Å²) >= 11 is 0. The summed E-state index contributed by atoms with van der Waals surface area (Å²) in [6.07, 6.45) is -2.77. The number of benzene rings is 1. The molecule has 3 N–H and O–H groups in total. The maximum Gasteiger partial charge on any atom is 0.417 e. The third-order valence-electron chi connectivity index (χ3n) is 4.07. The number of alkyl halides is 3. The van der Waals surface area contributed by atoms with Crippen LogP contribution < -0.4 is 10.5 Å². The van der Waals surface area contributed by atoms with Crippen molar-refractivity contribution in [3.8, 4) is 0 Å². The van der Waals surface area contributed by atoms with E-state index in [0.29, 0.717) is 31.7 Å². The largest absolute Gasteiger partial charge is 0.417 e. The van der Waals surface area contributed by atoms with Crippen molar-refractivity contribution in [2.75, 3.05) is 6.54 Å². The van der Waals surface area contributed by atoms with Gasteiger partial charge in [-0.25, -0.2) is 13.1 Å². The minimum atomic E-state index is -5.05. The van der Waals surface area contributed by atoms with Crippen LogP contribution in [0, 0.1) is 10.1 Å². The number of non-ortho nitro benzene ring substituents is 1. The summed E-state index contributed by atoms with van der Waals surface area (Å²) in [6, 6.07) is 1.55. The van der Waals surface area contributed by atoms with E-state index < -0.39 is 42.8 Å². The Balaban J connectivity index is 0.00000312. The van der Waals surface area contributed by atoms with Gasteiger partial charge in [0.1, 0.15) is 0 Å². The molecule has 12 heteroatoms. The molecule has 0 radical (unpaired) electrons. The topological polar surface area (TPSA) is 115 Å². The molecule has 1 aliphatic carbocycles. The first-order valence-corrected chi connectivity index (χ1v) is 8.59. The SMILES string of the molecule is Cl.NCC1(NS(=O)(=O)c2ccc([N+](=O)[O-])cc2C(F)(F)F)CCCC1. The summed E-state index contributed by atoms with van der Waals surface area (Å²) in [7, 11) is -4.54. The lowest BCUT2D eigenvalue weighted by Crippen LogP contribution is -2.51. The van der Waals surface area contributed by atoms with E-state index in [2.05, 4.69) is 4.72 Å². The number of halogens is 4. The number of sulfonamides is 1. The first kappa shape index (κ1) is 21.6. The molecule has 1 aromatic rings. The van der Waals surface area contributed by atoms with Gasteiger partial charge in [0.25, 0.3) is 5.69 Å². The lowest BCUT2D eigenvalue weighted by molar-refractivity contribution is -0.385. The van der Waals surface area contributed by atoms with Crippen molar-refractivity contribution >= 4 is 28.1 Å². The van der Waals surface area contributed by atoms with Crippen LogP contribution in [0.4, 0.5) is 18.9 Å². The highest BCUT2D eigenvalue weighted by Crippen LogP contribution is 2.38. The molecule has 0 aromatic heterocycles. The Labute approximate surface area is 148 Å². The van der Waals surface area contributed by atoms with E-state index in [1.54, 1.807) is 0 Å². The van der Waals surface area contributed by atoms with E-state index in [-0.39, 0.29) is 25.0 Å². The number of hydrogen-bond donors (Lipinski definition) is 2. The van der Waals surface area contributed by atoms with Crippen LogP contribution in [-0.4, -0.2) is 25.4 Å². The average Bonchev–Trinajstić information content (AvgIpc) is 2.94. The summed E-state index contributed by atoms with van der Waals surface area (Å²) in [5.41, 5.74) is 2.21. The van der Waals surface area contributed by atoms with E-state index in [1.807, 2.05) is 0 Å². The zero-order valence-corrected chi connectivity index (χ0v) is 14.5. The predicted molar refractivity (Wildman–Crippen MR) is 85.9 cm³/mol. The number of nitrogens with zero attached hydrogens (tertiary/aromatic N) is 1. The van der Waals surface area contributed by atoms with Crippen molar-refractivity contribution in [2.24, 2.45) is 5.73 Å². The lowest BCUT2D eigenvalue weighted by atomic mass is 10.0. The molecular weight excluding hydrogens is 387 g/mol. The fourth-order valence-corrected chi connectivity index (χ4v) is 4.51. The van der Waals surface area contributed by atoms with Crippen LogP contribution >= 0.6 is 12.4 Å². The van der Waals surface area contributed by atoms with Crippen LogP contribution in [0.2, 0.25) is 0 Å². The fourth-order valence-electron chi connectivity index (χ4n) is 2.83. The van der Waals surface area contributed by atoms with Crippen LogP contribution in [0.25, 0.3) is 0 Å². The van der Waals surface area contributed by atoms with Crippen molar-refractivity contribution in [1.29, 1.82) is 0 Å². The summed E-state index contributed by atoms with van der Waals surface area (Å²) in [5.74, 6) is 0. The number of hydrogen-bond acceptors (Lipinski definition) is 5. The molecule has 0 aliphatic heterocycles. The highest BCUT2D eigenvalue weighted by atomic mass is 35.5. The molecule has 0 spiro atoms. The quantitative estimate of drug-likeness (QED) is 0.579. The normalized spacial score (nSPS) is 17.1. The summed E-state index contributed by atoms with van der Waals surface area (Å²) in [5, 5.41) is 10.7. The van der Waals surface area contributed by atoms with Crippen molar-refractivity contribution < 1.29 is 26.5 Å². The third-order valence-corrected chi connectivity index (χ3v) is 5.71. The summed E-state index contributed by atoms with van der Waals surface area (Å²) < 4.78 is 66.7. The smallest absolute Gasteiger partial charge is 0.329 e. The Morgan fingerprint density at radius 2 is 1.84 bits per heavy atom. The maximum atomic E-state index is 13.2. The van der Waals surface area contributed by atoms with Gasteiger partial charge in [-0.3, -0.25) is 10.1 Å². The molecule has 2 rings (SSSR count). The first-order valence-electron chi connectivity index (χ1n) is 7.10. The van der Waals surface area contributed by atoms with Crippen LogP contribution in [0.5, 0.6) is 0 Å².